The first kappa shape index (κ1) is 21.1. The van der Waals surface area contributed by atoms with Crippen molar-refractivity contribution in [3.05, 3.63) is 0 Å². The zero-order chi connectivity index (χ0) is 20.0. The van der Waals surface area contributed by atoms with Gasteiger partial charge in [-0.25, -0.2) is 0 Å². The highest BCUT2D eigenvalue weighted by atomic mass is 16.5. The first-order valence-corrected chi connectivity index (χ1v) is 10.9. The lowest BCUT2D eigenvalue weighted by Gasteiger charge is -2.33. The Kier molecular flexibility index (Phi) is 7.32. The highest BCUT2D eigenvalue weighted by Crippen LogP contribution is 2.29. The smallest absolute Gasteiger partial charge is 0.305 e. The zero-order valence-electron chi connectivity index (χ0n) is 16.7. The van der Waals surface area contributed by atoms with E-state index in [1.54, 1.807) is 0 Å². The maximum atomic E-state index is 12.7. The number of amides is 2. The molecule has 2 aliphatic carbocycles. The highest BCUT2D eigenvalue weighted by molar-refractivity contribution is 5.81. The molecule has 3 fully saturated rings. The summed E-state index contributed by atoms with van der Waals surface area (Å²) in [4.78, 5) is 36.2. The van der Waals surface area contributed by atoms with Gasteiger partial charge in [0.25, 0.3) is 0 Å². The molecule has 7 heteroatoms. The highest BCUT2D eigenvalue weighted by Gasteiger charge is 2.40. The zero-order valence-corrected chi connectivity index (χ0v) is 16.7. The van der Waals surface area contributed by atoms with Crippen LogP contribution >= 0.6 is 0 Å². The number of aliphatic carboxylic acids is 1. The van der Waals surface area contributed by atoms with Gasteiger partial charge >= 0.3 is 5.97 Å². The molecule has 0 spiro atoms. The van der Waals surface area contributed by atoms with Crippen molar-refractivity contribution in [3.8, 4) is 0 Å². The van der Waals surface area contributed by atoms with Crippen LogP contribution in [-0.2, 0) is 19.1 Å². The van der Waals surface area contributed by atoms with Crippen LogP contribution in [0.25, 0.3) is 0 Å². The third-order valence-electron chi connectivity index (χ3n) is 6.64. The van der Waals surface area contributed by atoms with Crippen LogP contribution < -0.4 is 10.6 Å². The molecule has 0 aromatic heterocycles. The summed E-state index contributed by atoms with van der Waals surface area (Å²) < 4.78 is 5.35. The molecule has 1 atom stereocenters. The van der Waals surface area contributed by atoms with E-state index in [1.165, 1.54) is 32.1 Å². The lowest BCUT2D eigenvalue weighted by molar-refractivity contribution is -0.139. The van der Waals surface area contributed by atoms with Gasteiger partial charge in [-0.2, -0.15) is 0 Å². The minimum Gasteiger partial charge on any atom is -0.481 e. The fraction of sp³-hybridized carbons (Fsp3) is 0.857. The molecule has 7 nitrogen and oxygen atoms in total. The maximum absolute atomic E-state index is 12.7. The standard InChI is InChI=1S/C21H34N2O5/c24-18(12-15-4-2-1-3-5-15)22-17-8-6-16(7-9-17)20(27)23-21(13-19(25)26)10-11-28-14-21/h15-17H,1-14H2,(H,22,24)(H,23,27)(H,25,26). The average molecular weight is 395 g/mol. The molecule has 3 rings (SSSR count). The number of carbonyl (C=O) groups excluding carboxylic acids is 2. The maximum Gasteiger partial charge on any atom is 0.305 e. The summed E-state index contributed by atoms with van der Waals surface area (Å²) in [5.74, 6) is -0.412. The monoisotopic (exact) mass is 394 g/mol. The Balaban J connectivity index is 1.41. The molecule has 1 saturated heterocycles. The third kappa shape index (κ3) is 5.93. The number of ether oxygens (including phenoxy) is 1. The molecule has 1 unspecified atom stereocenters. The predicted molar refractivity (Wildman–Crippen MR) is 104 cm³/mol. The summed E-state index contributed by atoms with van der Waals surface area (Å²) in [5.41, 5.74) is -0.770. The van der Waals surface area contributed by atoms with Gasteiger partial charge in [-0.15, -0.1) is 0 Å². The van der Waals surface area contributed by atoms with Gasteiger partial charge in [-0.3, -0.25) is 14.4 Å². The van der Waals surface area contributed by atoms with Crippen molar-refractivity contribution in [3.63, 3.8) is 0 Å². The van der Waals surface area contributed by atoms with E-state index < -0.39 is 11.5 Å². The van der Waals surface area contributed by atoms with E-state index in [0.29, 0.717) is 25.4 Å². The van der Waals surface area contributed by atoms with E-state index in [-0.39, 0.29) is 36.8 Å². The molecule has 0 bridgehead atoms. The number of carboxylic acid groups (broad SMARTS) is 1. The Morgan fingerprint density at radius 1 is 1.00 bits per heavy atom. The fourth-order valence-electron chi connectivity index (χ4n) is 4.98. The molecular formula is C21H34N2O5. The van der Waals surface area contributed by atoms with Crippen molar-refractivity contribution in [2.45, 2.75) is 88.6 Å². The molecule has 0 radical (unpaired) electrons. The van der Waals surface area contributed by atoms with E-state index >= 15 is 0 Å². The normalized spacial score (nSPS) is 31.3. The van der Waals surface area contributed by atoms with E-state index in [1.807, 2.05) is 0 Å². The van der Waals surface area contributed by atoms with Gasteiger partial charge in [0, 0.05) is 25.0 Å². The van der Waals surface area contributed by atoms with Crippen LogP contribution in [0.15, 0.2) is 0 Å². The van der Waals surface area contributed by atoms with Crippen LogP contribution in [0, 0.1) is 11.8 Å². The Hall–Kier alpha value is -1.63. The minimum absolute atomic E-state index is 0.0706. The van der Waals surface area contributed by atoms with Crippen LogP contribution in [0.2, 0.25) is 0 Å². The summed E-state index contributed by atoms with van der Waals surface area (Å²) in [6.07, 6.45) is 10.2. The second-order valence-electron chi connectivity index (χ2n) is 8.97. The minimum atomic E-state index is -0.921. The topological polar surface area (TPSA) is 105 Å². The predicted octanol–water partition coefficient (Wildman–Crippen LogP) is 2.38. The number of carbonyl (C=O) groups is 3. The Labute approximate surface area is 167 Å². The van der Waals surface area contributed by atoms with Gasteiger partial charge in [0.1, 0.15) is 0 Å². The molecular weight excluding hydrogens is 360 g/mol. The number of nitrogens with one attached hydrogen (secondary N) is 2. The summed E-state index contributed by atoms with van der Waals surface area (Å²) in [6, 6.07) is 0.155. The van der Waals surface area contributed by atoms with Crippen molar-refractivity contribution >= 4 is 17.8 Å². The number of carboxylic acids is 1. The largest absolute Gasteiger partial charge is 0.481 e. The molecule has 2 saturated carbocycles. The van der Waals surface area contributed by atoms with Gasteiger partial charge in [-0.1, -0.05) is 19.3 Å². The Morgan fingerprint density at radius 2 is 1.71 bits per heavy atom. The van der Waals surface area contributed by atoms with Crippen LogP contribution in [0.5, 0.6) is 0 Å². The molecule has 0 aromatic carbocycles. The van der Waals surface area contributed by atoms with Gasteiger partial charge in [-0.05, 0) is 50.9 Å². The SMILES string of the molecule is O=C(O)CC1(NC(=O)C2CCC(NC(=O)CC3CCCCC3)CC2)CCOC1. The van der Waals surface area contributed by atoms with E-state index in [4.69, 9.17) is 9.84 Å². The molecule has 28 heavy (non-hydrogen) atoms. The van der Waals surface area contributed by atoms with Gasteiger partial charge in [0.2, 0.25) is 11.8 Å². The van der Waals surface area contributed by atoms with Crippen LogP contribution in [0.3, 0.4) is 0 Å². The van der Waals surface area contributed by atoms with Crippen molar-refractivity contribution < 1.29 is 24.2 Å². The second kappa shape index (κ2) is 9.72. The average Bonchev–Trinajstić information content (AvgIpc) is 3.10. The first-order valence-electron chi connectivity index (χ1n) is 10.9. The van der Waals surface area contributed by atoms with Crippen molar-refractivity contribution in [2.75, 3.05) is 13.2 Å². The van der Waals surface area contributed by atoms with Crippen LogP contribution in [0.4, 0.5) is 0 Å². The van der Waals surface area contributed by atoms with Crippen LogP contribution in [-0.4, -0.2) is 47.7 Å². The van der Waals surface area contributed by atoms with Crippen molar-refractivity contribution in [1.29, 1.82) is 0 Å². The molecule has 3 aliphatic rings. The Bertz CT molecular complexity index is 559. The summed E-state index contributed by atoms with van der Waals surface area (Å²) in [7, 11) is 0. The Morgan fingerprint density at radius 3 is 2.32 bits per heavy atom. The molecule has 158 valence electrons. The van der Waals surface area contributed by atoms with E-state index in [9.17, 15) is 14.4 Å². The molecule has 2 amide bonds. The lowest BCUT2D eigenvalue weighted by Crippen LogP contribution is -2.53. The molecule has 1 heterocycles. The van der Waals surface area contributed by atoms with Gasteiger partial charge < -0.3 is 20.5 Å². The number of hydrogen-bond donors (Lipinski definition) is 3. The lowest BCUT2D eigenvalue weighted by atomic mass is 9.83. The third-order valence-corrected chi connectivity index (χ3v) is 6.64. The van der Waals surface area contributed by atoms with Crippen molar-refractivity contribution in [2.24, 2.45) is 11.8 Å². The summed E-state index contributed by atoms with van der Waals surface area (Å²) in [5, 5.41) is 15.3. The number of rotatable bonds is 7. The quantitative estimate of drug-likeness (QED) is 0.615. The van der Waals surface area contributed by atoms with E-state index in [0.717, 1.165) is 25.7 Å². The van der Waals surface area contributed by atoms with E-state index in [2.05, 4.69) is 10.6 Å². The first-order chi connectivity index (χ1) is 13.5. The number of hydrogen-bond acceptors (Lipinski definition) is 4. The van der Waals surface area contributed by atoms with Crippen molar-refractivity contribution in [1.82, 2.24) is 10.6 Å². The molecule has 3 N–H and O–H groups in total. The second-order valence-corrected chi connectivity index (χ2v) is 8.97. The van der Waals surface area contributed by atoms with Gasteiger partial charge in [0.15, 0.2) is 0 Å². The fourth-order valence-corrected chi connectivity index (χ4v) is 4.98. The summed E-state index contributed by atoms with van der Waals surface area (Å²) in [6.45, 7) is 0.741. The van der Waals surface area contributed by atoms with Crippen LogP contribution in [0.1, 0.15) is 77.0 Å². The summed E-state index contributed by atoms with van der Waals surface area (Å²) >= 11 is 0. The molecule has 0 aromatic rings. The molecule has 1 aliphatic heterocycles. The van der Waals surface area contributed by atoms with Gasteiger partial charge in [0.05, 0.1) is 18.6 Å².